The first-order chi connectivity index (χ1) is 10.2. The van der Waals surface area contributed by atoms with Crippen molar-refractivity contribution in [2.45, 2.75) is 19.8 Å². The minimum absolute atomic E-state index is 0.379. The van der Waals surface area contributed by atoms with Crippen LogP contribution in [0.15, 0.2) is 30.3 Å². The van der Waals surface area contributed by atoms with Crippen molar-refractivity contribution in [1.82, 2.24) is 9.55 Å². The molecular weight excluding hydrogens is 264 g/mol. The second-order valence-corrected chi connectivity index (χ2v) is 5.17. The standard InChI is InChI=1S/C17H18N2O2/c1-4-7-13-16-12(10-14(18-13)17(20)21-3)11-8-5-6-9-15(11)19(16)2/h5-6,8-10H,4,7H2,1-3H3. The van der Waals surface area contributed by atoms with Gasteiger partial charge < -0.3 is 9.30 Å². The van der Waals surface area contributed by atoms with Gasteiger partial charge in [0.1, 0.15) is 5.69 Å². The highest BCUT2D eigenvalue weighted by Gasteiger charge is 2.17. The molecule has 0 atom stereocenters. The van der Waals surface area contributed by atoms with Gasteiger partial charge in [0, 0.05) is 23.3 Å². The highest BCUT2D eigenvalue weighted by molar-refractivity contribution is 6.10. The molecule has 21 heavy (non-hydrogen) atoms. The normalized spacial score (nSPS) is 11.2. The number of rotatable bonds is 3. The van der Waals surface area contributed by atoms with E-state index in [1.54, 1.807) is 0 Å². The van der Waals surface area contributed by atoms with Crippen molar-refractivity contribution < 1.29 is 9.53 Å². The Morgan fingerprint density at radius 1 is 1.29 bits per heavy atom. The number of fused-ring (bicyclic) bond motifs is 3. The molecule has 0 aliphatic carbocycles. The van der Waals surface area contributed by atoms with E-state index in [1.165, 1.54) is 7.11 Å². The number of pyridine rings is 1. The fourth-order valence-corrected chi connectivity index (χ4v) is 2.91. The van der Waals surface area contributed by atoms with E-state index in [-0.39, 0.29) is 5.97 Å². The average Bonchev–Trinajstić information content (AvgIpc) is 2.80. The Balaban J connectivity index is 2.43. The summed E-state index contributed by atoms with van der Waals surface area (Å²) in [6.45, 7) is 2.11. The van der Waals surface area contributed by atoms with Crippen molar-refractivity contribution in [3.05, 3.63) is 41.7 Å². The van der Waals surface area contributed by atoms with Crippen LogP contribution in [0.2, 0.25) is 0 Å². The number of hydrogen-bond acceptors (Lipinski definition) is 3. The van der Waals surface area contributed by atoms with Crippen molar-refractivity contribution in [3.63, 3.8) is 0 Å². The lowest BCUT2D eigenvalue weighted by molar-refractivity contribution is 0.0594. The lowest BCUT2D eigenvalue weighted by atomic mass is 10.1. The van der Waals surface area contributed by atoms with Gasteiger partial charge in [0.25, 0.3) is 0 Å². The van der Waals surface area contributed by atoms with Crippen molar-refractivity contribution in [2.75, 3.05) is 7.11 Å². The van der Waals surface area contributed by atoms with Crippen LogP contribution in [-0.4, -0.2) is 22.6 Å². The van der Waals surface area contributed by atoms with E-state index in [4.69, 9.17) is 4.74 Å². The summed E-state index contributed by atoms with van der Waals surface area (Å²) < 4.78 is 6.99. The van der Waals surface area contributed by atoms with Crippen LogP contribution < -0.4 is 0 Å². The van der Waals surface area contributed by atoms with Crippen LogP contribution in [0.25, 0.3) is 21.8 Å². The molecule has 0 aliphatic rings. The minimum atomic E-state index is -0.387. The number of benzene rings is 1. The van der Waals surface area contributed by atoms with Crippen LogP contribution in [0.3, 0.4) is 0 Å². The molecule has 0 radical (unpaired) electrons. The molecule has 4 nitrogen and oxygen atoms in total. The number of carbonyl (C=O) groups is 1. The van der Waals surface area contributed by atoms with E-state index in [1.807, 2.05) is 25.2 Å². The Bertz CT molecular complexity index is 834. The molecule has 0 aliphatic heterocycles. The SMILES string of the molecule is CCCc1nc(C(=O)OC)cc2c3ccccc3n(C)c12. The predicted octanol–water partition coefficient (Wildman–Crippen LogP) is 3.47. The summed E-state index contributed by atoms with van der Waals surface area (Å²) >= 11 is 0. The molecule has 0 N–H and O–H groups in total. The average molecular weight is 282 g/mol. The van der Waals surface area contributed by atoms with Crippen LogP contribution in [-0.2, 0) is 18.2 Å². The molecule has 2 aromatic heterocycles. The first kappa shape index (κ1) is 13.6. The number of para-hydroxylation sites is 1. The highest BCUT2D eigenvalue weighted by atomic mass is 16.5. The number of aromatic nitrogens is 2. The summed E-state index contributed by atoms with van der Waals surface area (Å²) in [5, 5.41) is 2.20. The van der Waals surface area contributed by atoms with Gasteiger partial charge in [0.15, 0.2) is 0 Å². The third-order valence-electron chi connectivity index (χ3n) is 3.84. The second-order valence-electron chi connectivity index (χ2n) is 5.17. The third kappa shape index (κ3) is 2.07. The first-order valence-corrected chi connectivity index (χ1v) is 7.12. The predicted molar refractivity (Wildman–Crippen MR) is 83.6 cm³/mol. The van der Waals surface area contributed by atoms with Crippen molar-refractivity contribution in [3.8, 4) is 0 Å². The van der Waals surface area contributed by atoms with Gasteiger partial charge in [-0.25, -0.2) is 9.78 Å². The molecular formula is C17H18N2O2. The van der Waals surface area contributed by atoms with Crippen molar-refractivity contribution >= 4 is 27.8 Å². The van der Waals surface area contributed by atoms with Gasteiger partial charge in [-0.05, 0) is 18.6 Å². The van der Waals surface area contributed by atoms with Gasteiger partial charge >= 0.3 is 5.97 Å². The molecule has 3 aromatic rings. The third-order valence-corrected chi connectivity index (χ3v) is 3.84. The van der Waals surface area contributed by atoms with Gasteiger partial charge in [0.2, 0.25) is 0 Å². The number of nitrogens with zero attached hydrogens (tertiary/aromatic N) is 2. The summed E-state index contributed by atoms with van der Waals surface area (Å²) in [7, 11) is 3.43. The van der Waals surface area contributed by atoms with Gasteiger partial charge in [-0.3, -0.25) is 0 Å². The van der Waals surface area contributed by atoms with Crippen LogP contribution in [0.5, 0.6) is 0 Å². The number of ether oxygens (including phenoxy) is 1. The Kier molecular flexibility index (Phi) is 3.37. The second kappa shape index (κ2) is 5.20. The number of aryl methyl sites for hydroxylation is 2. The lowest BCUT2D eigenvalue weighted by Gasteiger charge is -2.07. The molecule has 1 aromatic carbocycles. The molecule has 0 bridgehead atoms. The smallest absolute Gasteiger partial charge is 0.356 e. The van der Waals surface area contributed by atoms with E-state index >= 15 is 0 Å². The maximum absolute atomic E-state index is 11.9. The number of esters is 1. The molecule has 0 saturated heterocycles. The quantitative estimate of drug-likeness (QED) is 0.691. The number of hydrogen-bond donors (Lipinski definition) is 0. The van der Waals surface area contributed by atoms with Crippen molar-refractivity contribution in [2.24, 2.45) is 7.05 Å². The summed E-state index contributed by atoms with van der Waals surface area (Å²) in [6, 6.07) is 10.0. The molecule has 0 saturated carbocycles. The molecule has 0 amide bonds. The summed E-state index contributed by atoms with van der Waals surface area (Å²) in [5.74, 6) is -0.387. The topological polar surface area (TPSA) is 44.1 Å². The Morgan fingerprint density at radius 2 is 2.05 bits per heavy atom. The molecule has 0 fully saturated rings. The van der Waals surface area contributed by atoms with Crippen molar-refractivity contribution in [1.29, 1.82) is 0 Å². The summed E-state index contributed by atoms with van der Waals surface area (Å²) in [5.41, 5.74) is 3.58. The zero-order valence-electron chi connectivity index (χ0n) is 12.5. The first-order valence-electron chi connectivity index (χ1n) is 7.12. The van der Waals surface area contributed by atoms with Crippen LogP contribution in [0.4, 0.5) is 0 Å². The number of methoxy groups -OCH3 is 1. The molecule has 0 unspecified atom stereocenters. The Labute approximate surface area is 123 Å². The molecule has 3 rings (SSSR count). The fraction of sp³-hybridized carbons (Fsp3) is 0.294. The minimum Gasteiger partial charge on any atom is -0.464 e. The molecule has 2 heterocycles. The Hall–Kier alpha value is -2.36. The van der Waals surface area contributed by atoms with E-state index in [2.05, 4.69) is 28.6 Å². The van der Waals surface area contributed by atoms with E-state index in [0.717, 1.165) is 40.3 Å². The van der Waals surface area contributed by atoms with E-state index < -0.39 is 0 Å². The van der Waals surface area contributed by atoms with Crippen LogP contribution in [0.1, 0.15) is 29.5 Å². The fourth-order valence-electron chi connectivity index (χ4n) is 2.91. The summed E-state index contributed by atoms with van der Waals surface area (Å²) in [6.07, 6.45) is 1.82. The number of carbonyl (C=O) groups excluding carboxylic acids is 1. The summed E-state index contributed by atoms with van der Waals surface area (Å²) in [4.78, 5) is 16.4. The van der Waals surface area contributed by atoms with Gasteiger partial charge in [-0.2, -0.15) is 0 Å². The van der Waals surface area contributed by atoms with E-state index in [0.29, 0.717) is 5.69 Å². The van der Waals surface area contributed by atoms with E-state index in [9.17, 15) is 4.79 Å². The largest absolute Gasteiger partial charge is 0.464 e. The monoisotopic (exact) mass is 282 g/mol. The van der Waals surface area contributed by atoms with Crippen LogP contribution in [0, 0.1) is 0 Å². The maximum atomic E-state index is 11.9. The van der Waals surface area contributed by atoms with Gasteiger partial charge in [0.05, 0.1) is 18.3 Å². The highest BCUT2D eigenvalue weighted by Crippen LogP contribution is 2.30. The Morgan fingerprint density at radius 3 is 2.76 bits per heavy atom. The van der Waals surface area contributed by atoms with Gasteiger partial charge in [-0.1, -0.05) is 31.5 Å². The zero-order chi connectivity index (χ0) is 15.0. The lowest BCUT2D eigenvalue weighted by Crippen LogP contribution is -2.07. The molecule has 0 spiro atoms. The van der Waals surface area contributed by atoms with Crippen LogP contribution >= 0.6 is 0 Å². The zero-order valence-corrected chi connectivity index (χ0v) is 12.5. The molecule has 108 valence electrons. The van der Waals surface area contributed by atoms with Gasteiger partial charge in [-0.15, -0.1) is 0 Å². The maximum Gasteiger partial charge on any atom is 0.356 e. The molecule has 4 heteroatoms.